The molecule has 0 spiro atoms. The first-order valence-corrected chi connectivity index (χ1v) is 3.34. The van der Waals surface area contributed by atoms with Gasteiger partial charge in [-0.3, -0.25) is 4.79 Å². The van der Waals surface area contributed by atoms with Crippen molar-refractivity contribution in [3.63, 3.8) is 0 Å². The van der Waals surface area contributed by atoms with E-state index in [0.717, 1.165) is 0 Å². The maximum Gasteiger partial charge on any atom is 0.185 e. The Labute approximate surface area is 60.5 Å². The molecule has 0 saturated carbocycles. The topological polar surface area (TPSA) is 30.2 Å². The number of hydrogen-bond donors (Lipinski definition) is 0. The molecule has 0 fully saturated rings. The number of aryl methyl sites for hydroxylation is 1. The average Bonchev–Trinajstić information content (AvgIpc) is 1.91. The molecule has 0 bridgehead atoms. The van der Waals surface area contributed by atoms with Crippen LogP contribution in [-0.2, 0) is 0 Å². The molecule has 2 nitrogen and oxygen atoms in total. The SMILES string of the molecule is CC.Cc1cc(=O)cco1. The van der Waals surface area contributed by atoms with E-state index < -0.39 is 0 Å². The minimum Gasteiger partial charge on any atom is -0.469 e. The van der Waals surface area contributed by atoms with Crippen LogP contribution in [0.4, 0.5) is 0 Å². The van der Waals surface area contributed by atoms with E-state index in [4.69, 9.17) is 4.42 Å². The van der Waals surface area contributed by atoms with Gasteiger partial charge in [0, 0.05) is 12.1 Å². The molecule has 0 amide bonds. The van der Waals surface area contributed by atoms with Crippen molar-refractivity contribution in [2.75, 3.05) is 0 Å². The highest BCUT2D eigenvalue weighted by Gasteiger charge is 1.82. The quantitative estimate of drug-likeness (QED) is 0.551. The standard InChI is InChI=1S/C6H6O2.C2H6/c1-5-4-6(7)2-3-8-5;1-2/h2-4H,1H3;1-2H3. The van der Waals surface area contributed by atoms with E-state index in [0.29, 0.717) is 5.76 Å². The minimum absolute atomic E-state index is 0.00579. The molecular formula is C8H12O2. The first-order chi connectivity index (χ1) is 4.79. The monoisotopic (exact) mass is 140 g/mol. The zero-order valence-electron chi connectivity index (χ0n) is 6.55. The Kier molecular flexibility index (Phi) is 4.29. The van der Waals surface area contributed by atoms with Gasteiger partial charge < -0.3 is 4.42 Å². The van der Waals surface area contributed by atoms with E-state index in [1.807, 2.05) is 13.8 Å². The predicted molar refractivity (Wildman–Crippen MR) is 41.1 cm³/mol. The van der Waals surface area contributed by atoms with Crippen LogP contribution < -0.4 is 5.43 Å². The third-order valence-corrected chi connectivity index (χ3v) is 0.832. The van der Waals surface area contributed by atoms with Crippen LogP contribution in [0, 0.1) is 6.92 Å². The molecule has 2 heteroatoms. The second-order valence-corrected chi connectivity index (χ2v) is 1.58. The molecule has 56 valence electrons. The third kappa shape index (κ3) is 3.07. The molecule has 1 heterocycles. The van der Waals surface area contributed by atoms with E-state index in [9.17, 15) is 4.79 Å². The molecule has 0 unspecified atom stereocenters. The fourth-order valence-electron chi connectivity index (χ4n) is 0.491. The second-order valence-electron chi connectivity index (χ2n) is 1.58. The largest absolute Gasteiger partial charge is 0.469 e. The molecule has 1 aromatic rings. The Hall–Kier alpha value is -1.05. The highest BCUT2D eigenvalue weighted by molar-refractivity contribution is 4.96. The van der Waals surface area contributed by atoms with E-state index in [1.165, 1.54) is 18.4 Å². The summed E-state index contributed by atoms with van der Waals surface area (Å²) < 4.78 is 4.81. The molecule has 0 aliphatic heterocycles. The van der Waals surface area contributed by atoms with Gasteiger partial charge in [-0.25, -0.2) is 0 Å². The second kappa shape index (κ2) is 4.79. The van der Waals surface area contributed by atoms with Gasteiger partial charge in [0.1, 0.15) is 5.76 Å². The van der Waals surface area contributed by atoms with Crippen molar-refractivity contribution in [2.24, 2.45) is 0 Å². The summed E-state index contributed by atoms with van der Waals surface area (Å²) in [6.45, 7) is 5.74. The Bertz CT molecular complexity index is 225. The molecule has 0 aliphatic carbocycles. The lowest BCUT2D eigenvalue weighted by molar-refractivity contribution is 0.514. The van der Waals surface area contributed by atoms with Crippen LogP contribution in [-0.4, -0.2) is 0 Å². The summed E-state index contributed by atoms with van der Waals surface area (Å²) in [5.74, 6) is 0.650. The van der Waals surface area contributed by atoms with Crippen LogP contribution in [0.15, 0.2) is 27.6 Å². The third-order valence-electron chi connectivity index (χ3n) is 0.832. The van der Waals surface area contributed by atoms with Crippen molar-refractivity contribution in [1.29, 1.82) is 0 Å². The Morgan fingerprint density at radius 3 is 2.30 bits per heavy atom. The highest BCUT2D eigenvalue weighted by atomic mass is 16.3. The zero-order chi connectivity index (χ0) is 7.98. The van der Waals surface area contributed by atoms with Gasteiger partial charge in [-0.15, -0.1) is 0 Å². The average molecular weight is 140 g/mol. The van der Waals surface area contributed by atoms with Gasteiger partial charge in [-0.2, -0.15) is 0 Å². The molecule has 1 rings (SSSR count). The molecule has 0 aliphatic rings. The van der Waals surface area contributed by atoms with E-state index in [2.05, 4.69) is 0 Å². The number of rotatable bonds is 0. The predicted octanol–water partition coefficient (Wildman–Crippen LogP) is 1.97. The molecule has 0 N–H and O–H groups in total. The van der Waals surface area contributed by atoms with Crippen LogP contribution in [0.3, 0.4) is 0 Å². The molecule has 0 saturated heterocycles. The lowest BCUT2D eigenvalue weighted by Crippen LogP contribution is -1.93. The molecule has 0 radical (unpaired) electrons. The first kappa shape index (κ1) is 8.95. The number of hydrogen-bond acceptors (Lipinski definition) is 2. The van der Waals surface area contributed by atoms with Crippen molar-refractivity contribution in [3.8, 4) is 0 Å². The van der Waals surface area contributed by atoms with Crippen molar-refractivity contribution in [3.05, 3.63) is 34.4 Å². The molecule has 0 aromatic carbocycles. The summed E-state index contributed by atoms with van der Waals surface area (Å²) >= 11 is 0. The molecule has 10 heavy (non-hydrogen) atoms. The van der Waals surface area contributed by atoms with Gasteiger partial charge in [-0.05, 0) is 6.92 Å². The van der Waals surface area contributed by atoms with Crippen molar-refractivity contribution in [1.82, 2.24) is 0 Å². The zero-order valence-corrected chi connectivity index (χ0v) is 6.55. The van der Waals surface area contributed by atoms with Gasteiger partial charge in [-0.1, -0.05) is 13.8 Å². The lowest BCUT2D eigenvalue weighted by Gasteiger charge is -1.83. The van der Waals surface area contributed by atoms with Crippen molar-refractivity contribution >= 4 is 0 Å². The van der Waals surface area contributed by atoms with Gasteiger partial charge in [0.2, 0.25) is 0 Å². The maximum atomic E-state index is 10.4. The summed E-state index contributed by atoms with van der Waals surface area (Å²) in [5.41, 5.74) is -0.00579. The Morgan fingerprint density at radius 2 is 2.00 bits per heavy atom. The molecule has 1 aromatic heterocycles. The van der Waals surface area contributed by atoms with Crippen molar-refractivity contribution < 1.29 is 4.42 Å². The maximum absolute atomic E-state index is 10.4. The summed E-state index contributed by atoms with van der Waals surface area (Å²) in [4.78, 5) is 10.4. The minimum atomic E-state index is -0.00579. The normalized spacial score (nSPS) is 7.90. The Balaban J connectivity index is 0.000000371. The molecular weight excluding hydrogens is 128 g/mol. The summed E-state index contributed by atoms with van der Waals surface area (Å²) in [7, 11) is 0. The first-order valence-electron chi connectivity index (χ1n) is 3.34. The van der Waals surface area contributed by atoms with Gasteiger partial charge >= 0.3 is 0 Å². The van der Waals surface area contributed by atoms with Crippen LogP contribution in [0.5, 0.6) is 0 Å². The van der Waals surface area contributed by atoms with Gasteiger partial charge in [0.15, 0.2) is 5.43 Å². The van der Waals surface area contributed by atoms with Crippen LogP contribution >= 0.6 is 0 Å². The summed E-state index contributed by atoms with van der Waals surface area (Å²) in [5, 5.41) is 0. The van der Waals surface area contributed by atoms with E-state index in [-0.39, 0.29) is 5.43 Å². The fraction of sp³-hybridized carbons (Fsp3) is 0.375. The summed E-state index contributed by atoms with van der Waals surface area (Å²) in [6.07, 6.45) is 1.39. The molecule has 0 atom stereocenters. The van der Waals surface area contributed by atoms with Crippen LogP contribution in [0.25, 0.3) is 0 Å². The Morgan fingerprint density at radius 1 is 1.40 bits per heavy atom. The van der Waals surface area contributed by atoms with Gasteiger partial charge in [0.25, 0.3) is 0 Å². The smallest absolute Gasteiger partial charge is 0.185 e. The van der Waals surface area contributed by atoms with Crippen LogP contribution in [0.2, 0.25) is 0 Å². The van der Waals surface area contributed by atoms with Crippen LogP contribution in [0.1, 0.15) is 19.6 Å². The lowest BCUT2D eigenvalue weighted by atomic mass is 10.4. The summed E-state index contributed by atoms with van der Waals surface area (Å²) in [6, 6.07) is 2.83. The van der Waals surface area contributed by atoms with Crippen molar-refractivity contribution in [2.45, 2.75) is 20.8 Å². The van der Waals surface area contributed by atoms with E-state index >= 15 is 0 Å². The van der Waals surface area contributed by atoms with E-state index in [1.54, 1.807) is 6.92 Å². The fourth-order valence-corrected chi connectivity index (χ4v) is 0.491. The van der Waals surface area contributed by atoms with Gasteiger partial charge in [0.05, 0.1) is 6.26 Å². The highest BCUT2D eigenvalue weighted by Crippen LogP contribution is 1.87.